The molecule has 0 fully saturated rings. The molecule has 2 N–H and O–H groups in total. The van der Waals surface area contributed by atoms with Gasteiger partial charge in [-0.2, -0.15) is 0 Å². The number of hydrogen-bond donors (Lipinski definition) is 2. The van der Waals surface area contributed by atoms with Crippen LogP contribution in [-0.2, 0) is 4.74 Å². The Morgan fingerprint density at radius 2 is 1.65 bits per heavy atom. The minimum Gasteiger partial charge on any atom is -0.465 e. The zero-order valence-corrected chi connectivity index (χ0v) is 13.8. The average Bonchev–Trinajstić information content (AvgIpc) is 3.22. The van der Waals surface area contributed by atoms with Crippen LogP contribution in [0.4, 0.5) is 0 Å². The van der Waals surface area contributed by atoms with Gasteiger partial charge in [0.2, 0.25) is 0 Å². The van der Waals surface area contributed by atoms with Gasteiger partial charge in [-0.25, -0.2) is 14.8 Å². The quantitative estimate of drug-likeness (QED) is 0.499. The van der Waals surface area contributed by atoms with Gasteiger partial charge in [-0.15, -0.1) is 0 Å². The van der Waals surface area contributed by atoms with Crippen molar-refractivity contribution in [3.63, 3.8) is 0 Å². The Balaban J connectivity index is 0.000000140. The summed E-state index contributed by atoms with van der Waals surface area (Å²) in [6.45, 7) is 0. The average molecular weight is 373 g/mol. The van der Waals surface area contributed by atoms with Gasteiger partial charge in [0.15, 0.2) is 0 Å². The summed E-state index contributed by atoms with van der Waals surface area (Å²) < 4.78 is 5.59. The van der Waals surface area contributed by atoms with E-state index in [-0.39, 0.29) is 5.97 Å². The molecule has 4 heterocycles. The molecule has 4 rings (SSSR count). The number of pyridine rings is 2. The summed E-state index contributed by atoms with van der Waals surface area (Å²) in [5.41, 5.74) is 2.17. The number of hydrogen-bond acceptors (Lipinski definition) is 4. The lowest BCUT2D eigenvalue weighted by molar-refractivity contribution is 0.0600. The first-order valence-electron chi connectivity index (χ1n) is 6.77. The van der Waals surface area contributed by atoms with E-state index in [4.69, 9.17) is 0 Å². The number of aromatic nitrogens is 4. The number of esters is 1. The van der Waals surface area contributed by atoms with Crippen LogP contribution in [0.1, 0.15) is 10.4 Å². The molecule has 4 aromatic rings. The maximum atomic E-state index is 11.1. The van der Waals surface area contributed by atoms with Gasteiger partial charge >= 0.3 is 5.97 Å². The molecule has 0 unspecified atom stereocenters. The molecule has 0 aliphatic heterocycles. The number of H-pyrrole nitrogens is 2. The number of ether oxygens (including phenoxy) is 1. The van der Waals surface area contributed by atoms with Gasteiger partial charge in [0.1, 0.15) is 11.3 Å². The van der Waals surface area contributed by atoms with Crippen molar-refractivity contribution in [3.05, 3.63) is 59.1 Å². The van der Waals surface area contributed by atoms with Gasteiger partial charge in [-0.3, -0.25) is 0 Å². The van der Waals surface area contributed by atoms with Crippen LogP contribution >= 0.6 is 15.9 Å². The molecule has 0 bridgehead atoms. The molecule has 0 aliphatic carbocycles. The van der Waals surface area contributed by atoms with Crippen molar-refractivity contribution in [1.82, 2.24) is 19.9 Å². The highest BCUT2D eigenvalue weighted by Gasteiger charge is 2.06. The molecule has 0 aromatic carbocycles. The number of halogens is 1. The first-order valence-corrected chi connectivity index (χ1v) is 7.57. The predicted octanol–water partition coefficient (Wildman–Crippen LogP) is 3.67. The molecule has 0 spiro atoms. The molecule has 7 heteroatoms. The normalized spacial score (nSPS) is 10.3. The van der Waals surface area contributed by atoms with E-state index in [0.29, 0.717) is 5.56 Å². The van der Waals surface area contributed by atoms with Crippen molar-refractivity contribution < 1.29 is 9.53 Å². The molecule has 0 saturated carbocycles. The van der Waals surface area contributed by atoms with Gasteiger partial charge in [-0.1, -0.05) is 0 Å². The Morgan fingerprint density at radius 3 is 2.30 bits per heavy atom. The second kappa shape index (κ2) is 6.62. The third-order valence-electron chi connectivity index (χ3n) is 3.19. The second-order valence-corrected chi connectivity index (χ2v) is 5.62. The van der Waals surface area contributed by atoms with Crippen molar-refractivity contribution in [1.29, 1.82) is 0 Å². The van der Waals surface area contributed by atoms with E-state index in [1.54, 1.807) is 18.5 Å². The summed E-state index contributed by atoms with van der Waals surface area (Å²) in [5.74, 6) is -0.365. The zero-order chi connectivity index (χ0) is 16.2. The monoisotopic (exact) mass is 372 g/mol. The molecule has 116 valence electrons. The van der Waals surface area contributed by atoms with Crippen molar-refractivity contribution in [2.24, 2.45) is 0 Å². The molecule has 0 atom stereocenters. The highest BCUT2D eigenvalue weighted by Crippen LogP contribution is 2.15. The van der Waals surface area contributed by atoms with E-state index in [9.17, 15) is 4.79 Å². The Morgan fingerprint density at radius 1 is 1.04 bits per heavy atom. The largest absolute Gasteiger partial charge is 0.465 e. The Kier molecular flexibility index (Phi) is 4.38. The van der Waals surface area contributed by atoms with Crippen LogP contribution < -0.4 is 0 Å². The van der Waals surface area contributed by atoms with Crippen LogP contribution in [0, 0.1) is 0 Å². The summed E-state index contributed by atoms with van der Waals surface area (Å²) >= 11 is 3.34. The summed E-state index contributed by atoms with van der Waals surface area (Å²) in [6.07, 6.45) is 6.92. The smallest absolute Gasteiger partial charge is 0.339 e. The number of carbonyl (C=O) groups excluding carboxylic acids is 1. The first-order chi connectivity index (χ1) is 11.2. The predicted molar refractivity (Wildman–Crippen MR) is 91.2 cm³/mol. The SMILES string of the molecule is Brc1cnc2[nH]ccc2c1.COC(=O)c1cnc2[nH]ccc2c1. The topological polar surface area (TPSA) is 83.7 Å². The molecule has 23 heavy (non-hydrogen) atoms. The number of nitrogens with zero attached hydrogens (tertiary/aromatic N) is 2. The Labute approximate surface area is 140 Å². The van der Waals surface area contributed by atoms with E-state index in [1.807, 2.05) is 24.4 Å². The number of fused-ring (bicyclic) bond motifs is 2. The van der Waals surface area contributed by atoms with E-state index in [2.05, 4.69) is 40.6 Å². The summed E-state index contributed by atoms with van der Waals surface area (Å²) in [7, 11) is 1.35. The number of methoxy groups -OCH3 is 1. The number of aromatic amines is 2. The molecule has 4 aromatic heterocycles. The Bertz CT molecular complexity index is 961. The van der Waals surface area contributed by atoms with Crippen LogP contribution in [0.25, 0.3) is 22.1 Å². The fourth-order valence-electron chi connectivity index (χ4n) is 2.08. The zero-order valence-electron chi connectivity index (χ0n) is 12.2. The van der Waals surface area contributed by atoms with Crippen LogP contribution in [0.3, 0.4) is 0 Å². The Hall–Kier alpha value is -2.67. The van der Waals surface area contributed by atoms with E-state index in [1.165, 1.54) is 13.3 Å². The van der Waals surface area contributed by atoms with Crippen LogP contribution in [0.5, 0.6) is 0 Å². The van der Waals surface area contributed by atoms with E-state index in [0.717, 1.165) is 26.5 Å². The summed E-state index contributed by atoms with van der Waals surface area (Å²) in [4.78, 5) is 25.3. The lowest BCUT2D eigenvalue weighted by atomic mass is 10.2. The summed E-state index contributed by atoms with van der Waals surface area (Å²) in [5, 5.41) is 2.04. The van der Waals surface area contributed by atoms with E-state index >= 15 is 0 Å². The standard InChI is InChI=1S/C9H8N2O2.C7H5BrN2/c1-13-9(12)7-4-6-2-3-10-8(6)11-5-7;8-6-3-5-1-2-9-7(5)10-4-6/h2-5H,1H3,(H,10,11);1-4H,(H,9,10). The number of carbonyl (C=O) groups is 1. The maximum absolute atomic E-state index is 11.1. The van der Waals surface area contributed by atoms with Gasteiger partial charge in [0.25, 0.3) is 0 Å². The molecule has 0 saturated heterocycles. The lowest BCUT2D eigenvalue weighted by Gasteiger charge is -1.97. The maximum Gasteiger partial charge on any atom is 0.339 e. The number of nitrogens with one attached hydrogen (secondary N) is 2. The van der Waals surface area contributed by atoms with Gasteiger partial charge in [0.05, 0.1) is 12.7 Å². The fourth-order valence-corrected chi connectivity index (χ4v) is 2.43. The molecule has 0 radical (unpaired) electrons. The molecule has 6 nitrogen and oxygen atoms in total. The molecule has 0 aliphatic rings. The van der Waals surface area contributed by atoms with Crippen molar-refractivity contribution in [2.45, 2.75) is 0 Å². The van der Waals surface area contributed by atoms with Crippen molar-refractivity contribution in [3.8, 4) is 0 Å². The first kappa shape index (κ1) is 15.2. The van der Waals surface area contributed by atoms with Gasteiger partial charge in [0, 0.05) is 40.0 Å². The van der Waals surface area contributed by atoms with Gasteiger partial charge < -0.3 is 14.7 Å². The third kappa shape index (κ3) is 3.40. The molecular formula is C16H13BrN4O2. The van der Waals surface area contributed by atoms with Crippen molar-refractivity contribution >= 4 is 44.0 Å². The lowest BCUT2D eigenvalue weighted by Crippen LogP contribution is -2.01. The second-order valence-electron chi connectivity index (χ2n) is 4.70. The minimum absolute atomic E-state index is 0.365. The summed E-state index contributed by atoms with van der Waals surface area (Å²) in [6, 6.07) is 7.62. The molecule has 0 amide bonds. The van der Waals surface area contributed by atoms with Crippen LogP contribution in [0.15, 0.2) is 53.5 Å². The third-order valence-corrected chi connectivity index (χ3v) is 3.62. The van der Waals surface area contributed by atoms with Crippen LogP contribution in [0.2, 0.25) is 0 Å². The van der Waals surface area contributed by atoms with Crippen LogP contribution in [-0.4, -0.2) is 33.0 Å². The number of rotatable bonds is 1. The van der Waals surface area contributed by atoms with Gasteiger partial charge in [-0.05, 0) is 40.2 Å². The highest BCUT2D eigenvalue weighted by atomic mass is 79.9. The minimum atomic E-state index is -0.365. The van der Waals surface area contributed by atoms with Crippen molar-refractivity contribution in [2.75, 3.05) is 7.11 Å². The molecular weight excluding hydrogens is 360 g/mol. The van der Waals surface area contributed by atoms with E-state index < -0.39 is 0 Å². The highest BCUT2D eigenvalue weighted by molar-refractivity contribution is 9.10. The fraction of sp³-hybridized carbons (Fsp3) is 0.0625.